The highest BCUT2D eigenvalue weighted by molar-refractivity contribution is 6.23. The van der Waals surface area contributed by atoms with Crippen LogP contribution in [0.15, 0.2) is 151 Å². The first-order chi connectivity index (χ1) is 19.2. The van der Waals surface area contributed by atoms with Gasteiger partial charge in [-0.05, 0) is 33.0 Å². The molecule has 1 aliphatic carbocycles. The first-order valence-corrected chi connectivity index (χ1v) is 13.3. The van der Waals surface area contributed by atoms with Gasteiger partial charge in [-0.3, -0.25) is 0 Å². The van der Waals surface area contributed by atoms with Gasteiger partial charge in [0.05, 0.1) is 11.4 Å². The third-order valence-electron chi connectivity index (χ3n) is 7.73. The molecule has 0 radical (unpaired) electrons. The van der Waals surface area contributed by atoms with E-state index in [2.05, 4.69) is 109 Å². The standard InChI is InChI=1S/C37H27NO/c39-37(25-26-13-4-1-5-14-26)33-24-11-20-29-19-10-23-32(34(29)33)36(37)38-35-30(27-15-6-2-7-16-27)21-12-22-31(35)28-17-8-3-9-18-28/h1-24,39H,25H2/b38-36+. The minimum absolute atomic E-state index is 0.439. The molecule has 186 valence electrons. The zero-order chi connectivity index (χ0) is 26.2. The summed E-state index contributed by atoms with van der Waals surface area (Å²) in [6, 6.07) is 49.8. The predicted octanol–water partition coefficient (Wildman–Crippen LogP) is 8.74. The highest BCUT2D eigenvalue weighted by atomic mass is 16.3. The van der Waals surface area contributed by atoms with E-state index in [1.54, 1.807) is 0 Å². The molecule has 1 unspecified atom stereocenters. The van der Waals surface area contributed by atoms with Gasteiger partial charge < -0.3 is 5.11 Å². The molecule has 0 fully saturated rings. The smallest absolute Gasteiger partial charge is 0.137 e. The van der Waals surface area contributed by atoms with Crippen LogP contribution in [0.2, 0.25) is 0 Å². The second-order valence-electron chi connectivity index (χ2n) is 10.1. The van der Waals surface area contributed by atoms with Crippen LogP contribution in [-0.4, -0.2) is 10.8 Å². The van der Waals surface area contributed by atoms with Crippen molar-refractivity contribution in [3.05, 3.63) is 162 Å². The van der Waals surface area contributed by atoms with E-state index in [0.29, 0.717) is 12.1 Å². The summed E-state index contributed by atoms with van der Waals surface area (Å²) in [4.78, 5) is 5.47. The average molecular weight is 502 g/mol. The second kappa shape index (κ2) is 9.50. The summed E-state index contributed by atoms with van der Waals surface area (Å²) in [5.41, 5.74) is 7.51. The number of rotatable bonds is 5. The monoisotopic (exact) mass is 501 g/mol. The Morgan fingerprint density at radius 2 is 1.03 bits per heavy atom. The predicted molar refractivity (Wildman–Crippen MR) is 162 cm³/mol. The van der Waals surface area contributed by atoms with E-state index in [1.165, 1.54) is 0 Å². The fourth-order valence-corrected chi connectivity index (χ4v) is 5.93. The molecule has 0 amide bonds. The maximum Gasteiger partial charge on any atom is 0.137 e. The summed E-state index contributed by atoms with van der Waals surface area (Å²) in [7, 11) is 0. The Hall–Kier alpha value is -4.79. The van der Waals surface area contributed by atoms with Crippen molar-refractivity contribution in [2.45, 2.75) is 12.0 Å². The first kappa shape index (κ1) is 23.3. The highest BCUT2D eigenvalue weighted by Crippen LogP contribution is 2.47. The summed E-state index contributed by atoms with van der Waals surface area (Å²) >= 11 is 0. The van der Waals surface area contributed by atoms with Gasteiger partial charge >= 0.3 is 0 Å². The summed E-state index contributed by atoms with van der Waals surface area (Å²) in [5, 5.41) is 14.9. The van der Waals surface area contributed by atoms with Crippen LogP contribution in [0.25, 0.3) is 33.0 Å². The Labute approximate surface area is 228 Å². The van der Waals surface area contributed by atoms with Crippen molar-refractivity contribution in [3.63, 3.8) is 0 Å². The van der Waals surface area contributed by atoms with Crippen LogP contribution >= 0.6 is 0 Å². The van der Waals surface area contributed by atoms with Gasteiger partial charge in [0.25, 0.3) is 0 Å². The SMILES string of the molecule is OC1(Cc2ccccc2)/C(=N/c2c(-c3ccccc3)cccc2-c2ccccc2)c2cccc3cccc1c23. The van der Waals surface area contributed by atoms with Gasteiger partial charge in [-0.25, -0.2) is 4.99 Å². The molecule has 0 heterocycles. The number of nitrogens with zero attached hydrogens (tertiary/aromatic N) is 1. The Balaban J connectivity index is 1.53. The van der Waals surface area contributed by atoms with Crippen molar-refractivity contribution >= 4 is 22.2 Å². The van der Waals surface area contributed by atoms with Crippen molar-refractivity contribution in [3.8, 4) is 22.3 Å². The lowest BCUT2D eigenvalue weighted by Gasteiger charge is -2.27. The van der Waals surface area contributed by atoms with Gasteiger partial charge in [-0.15, -0.1) is 0 Å². The number of aliphatic imine (C=N–C) groups is 1. The van der Waals surface area contributed by atoms with Crippen LogP contribution in [0, 0.1) is 0 Å². The number of para-hydroxylation sites is 1. The van der Waals surface area contributed by atoms with Gasteiger partial charge in [0.1, 0.15) is 5.60 Å². The largest absolute Gasteiger partial charge is 0.378 e. The van der Waals surface area contributed by atoms with Crippen molar-refractivity contribution in [2.75, 3.05) is 0 Å². The van der Waals surface area contributed by atoms with Crippen molar-refractivity contribution < 1.29 is 5.11 Å². The van der Waals surface area contributed by atoms with E-state index < -0.39 is 5.60 Å². The molecular formula is C37H27NO. The molecule has 0 bridgehead atoms. The van der Waals surface area contributed by atoms with Crippen LogP contribution in [0.1, 0.15) is 16.7 Å². The van der Waals surface area contributed by atoms with Crippen molar-refractivity contribution in [1.82, 2.24) is 0 Å². The third-order valence-corrected chi connectivity index (χ3v) is 7.73. The van der Waals surface area contributed by atoms with Crippen LogP contribution in [-0.2, 0) is 12.0 Å². The molecule has 0 saturated carbocycles. The van der Waals surface area contributed by atoms with E-state index in [1.807, 2.05) is 36.4 Å². The van der Waals surface area contributed by atoms with E-state index in [0.717, 1.165) is 55.4 Å². The lowest BCUT2D eigenvalue weighted by molar-refractivity contribution is 0.116. The van der Waals surface area contributed by atoms with Crippen LogP contribution in [0.5, 0.6) is 0 Å². The minimum Gasteiger partial charge on any atom is -0.378 e. The molecule has 6 aromatic carbocycles. The zero-order valence-electron chi connectivity index (χ0n) is 21.5. The number of hydrogen-bond acceptors (Lipinski definition) is 2. The molecule has 0 saturated heterocycles. The number of hydrogen-bond donors (Lipinski definition) is 1. The molecule has 0 spiro atoms. The van der Waals surface area contributed by atoms with Gasteiger partial charge in [0, 0.05) is 23.1 Å². The number of benzene rings is 6. The molecule has 6 aromatic rings. The summed E-state index contributed by atoms with van der Waals surface area (Å²) in [6.45, 7) is 0. The van der Waals surface area contributed by atoms with Crippen LogP contribution in [0.4, 0.5) is 5.69 Å². The molecule has 1 atom stereocenters. The Bertz CT molecular complexity index is 1760. The highest BCUT2D eigenvalue weighted by Gasteiger charge is 2.44. The molecule has 2 nitrogen and oxygen atoms in total. The molecule has 1 aliphatic rings. The van der Waals surface area contributed by atoms with Gasteiger partial charge in [0.2, 0.25) is 0 Å². The number of aliphatic hydroxyl groups is 1. The molecule has 39 heavy (non-hydrogen) atoms. The fraction of sp³-hybridized carbons (Fsp3) is 0.0541. The van der Waals surface area contributed by atoms with Crippen LogP contribution in [0.3, 0.4) is 0 Å². The molecule has 1 N–H and O–H groups in total. The second-order valence-corrected chi connectivity index (χ2v) is 10.1. The quantitative estimate of drug-likeness (QED) is 0.252. The topological polar surface area (TPSA) is 32.6 Å². The zero-order valence-corrected chi connectivity index (χ0v) is 21.5. The third kappa shape index (κ3) is 3.98. The van der Waals surface area contributed by atoms with Gasteiger partial charge in [-0.1, -0.05) is 146 Å². The maximum absolute atomic E-state index is 12.7. The Morgan fingerprint density at radius 1 is 0.513 bits per heavy atom. The maximum atomic E-state index is 12.7. The van der Waals surface area contributed by atoms with E-state index in [-0.39, 0.29) is 0 Å². The lowest BCUT2D eigenvalue weighted by Crippen LogP contribution is -2.35. The van der Waals surface area contributed by atoms with Crippen molar-refractivity contribution in [2.24, 2.45) is 4.99 Å². The molecular weight excluding hydrogens is 474 g/mol. The normalized spacial score (nSPS) is 17.1. The Kier molecular flexibility index (Phi) is 5.69. The van der Waals surface area contributed by atoms with E-state index in [9.17, 15) is 5.11 Å². The summed E-state index contributed by atoms with van der Waals surface area (Å²) < 4.78 is 0. The molecule has 0 aliphatic heterocycles. The summed E-state index contributed by atoms with van der Waals surface area (Å²) in [5.74, 6) is 0. The van der Waals surface area contributed by atoms with Gasteiger partial charge in [-0.2, -0.15) is 0 Å². The summed E-state index contributed by atoms with van der Waals surface area (Å²) in [6.07, 6.45) is 0.439. The van der Waals surface area contributed by atoms with E-state index in [4.69, 9.17) is 4.99 Å². The fourth-order valence-electron chi connectivity index (χ4n) is 5.93. The van der Waals surface area contributed by atoms with Crippen molar-refractivity contribution in [1.29, 1.82) is 0 Å². The molecule has 7 rings (SSSR count). The molecule has 0 aromatic heterocycles. The first-order valence-electron chi connectivity index (χ1n) is 13.3. The minimum atomic E-state index is -1.28. The Morgan fingerprint density at radius 3 is 1.64 bits per heavy atom. The lowest BCUT2D eigenvalue weighted by atomic mass is 9.86. The van der Waals surface area contributed by atoms with Gasteiger partial charge in [0.15, 0.2) is 0 Å². The van der Waals surface area contributed by atoms with Crippen LogP contribution < -0.4 is 0 Å². The average Bonchev–Trinajstić information content (AvgIpc) is 3.23. The molecule has 2 heteroatoms. The van der Waals surface area contributed by atoms with E-state index >= 15 is 0 Å².